The van der Waals surface area contributed by atoms with Gasteiger partial charge in [0.25, 0.3) is 0 Å². The molecule has 1 heterocycles. The maximum absolute atomic E-state index is 5.74. The lowest BCUT2D eigenvalue weighted by molar-refractivity contribution is 0.496. The second-order valence-corrected chi connectivity index (χ2v) is 6.40. The van der Waals surface area contributed by atoms with Crippen LogP contribution in [0.5, 0.6) is 0 Å². The first kappa shape index (κ1) is 19.6. The summed E-state index contributed by atoms with van der Waals surface area (Å²) in [6.07, 6.45) is 4.55. The van der Waals surface area contributed by atoms with Gasteiger partial charge in [0.05, 0.1) is 6.42 Å². The minimum Gasteiger partial charge on any atom is -0.421 e. The van der Waals surface area contributed by atoms with Gasteiger partial charge in [-0.25, -0.2) is 0 Å². The molecule has 1 aromatic heterocycles. The van der Waals surface area contributed by atoms with E-state index in [1.165, 1.54) is 27.8 Å². The van der Waals surface area contributed by atoms with Crippen molar-refractivity contribution in [2.24, 2.45) is 0 Å². The van der Waals surface area contributed by atoms with Crippen LogP contribution >= 0.6 is 0 Å². The standard InChI is InChI=1S/C21H22N2O.C2H6/c1-14-5-6-19(17(4)10-14)7-8-20-22-23-21(24-20)13-18-11-15(2)9-16(3)12-18;1-2/h5-12H,13H2,1-4H3;1-2H3/b8-7+;. The van der Waals surface area contributed by atoms with Crippen molar-refractivity contribution in [1.82, 2.24) is 10.2 Å². The van der Waals surface area contributed by atoms with Crippen LogP contribution in [-0.2, 0) is 6.42 Å². The predicted molar refractivity (Wildman–Crippen MR) is 109 cm³/mol. The minimum atomic E-state index is 0.536. The van der Waals surface area contributed by atoms with Crippen molar-refractivity contribution in [1.29, 1.82) is 0 Å². The smallest absolute Gasteiger partial charge is 0.240 e. The SMILES string of the molecule is CC.Cc1cc(C)cc(Cc2nnc(/C=C/c3ccc(C)cc3C)o2)c1. The van der Waals surface area contributed by atoms with Crippen LogP contribution in [0.1, 0.15) is 59.0 Å². The Bertz CT molecular complexity index is 871. The third-order valence-electron chi connectivity index (χ3n) is 3.95. The Morgan fingerprint density at radius 3 is 2.15 bits per heavy atom. The van der Waals surface area contributed by atoms with Crippen molar-refractivity contribution in [3.05, 3.63) is 81.6 Å². The average molecular weight is 348 g/mol. The second kappa shape index (κ2) is 9.14. The van der Waals surface area contributed by atoms with Crippen molar-refractivity contribution in [2.75, 3.05) is 0 Å². The van der Waals surface area contributed by atoms with Gasteiger partial charge in [0, 0.05) is 6.08 Å². The molecule has 0 N–H and O–H groups in total. The van der Waals surface area contributed by atoms with Gasteiger partial charge in [-0.15, -0.1) is 10.2 Å². The largest absolute Gasteiger partial charge is 0.421 e. The number of hydrogen-bond acceptors (Lipinski definition) is 3. The Kier molecular flexibility index (Phi) is 6.90. The van der Waals surface area contributed by atoms with E-state index in [0.717, 1.165) is 5.56 Å². The highest BCUT2D eigenvalue weighted by Crippen LogP contribution is 2.16. The molecule has 0 aliphatic rings. The van der Waals surface area contributed by atoms with Gasteiger partial charge in [0.2, 0.25) is 11.8 Å². The topological polar surface area (TPSA) is 38.9 Å². The quantitative estimate of drug-likeness (QED) is 0.572. The van der Waals surface area contributed by atoms with E-state index in [0.29, 0.717) is 18.2 Å². The fraction of sp³-hybridized carbons (Fsp3) is 0.304. The average Bonchev–Trinajstić information content (AvgIpc) is 3.02. The van der Waals surface area contributed by atoms with E-state index in [4.69, 9.17) is 4.42 Å². The number of rotatable bonds is 4. The van der Waals surface area contributed by atoms with Gasteiger partial charge >= 0.3 is 0 Å². The van der Waals surface area contributed by atoms with Crippen molar-refractivity contribution >= 4 is 12.2 Å². The number of nitrogens with zero attached hydrogens (tertiary/aromatic N) is 2. The first-order valence-corrected chi connectivity index (χ1v) is 9.14. The van der Waals surface area contributed by atoms with Gasteiger partial charge in [-0.1, -0.05) is 66.9 Å². The molecule has 0 aliphatic carbocycles. The summed E-state index contributed by atoms with van der Waals surface area (Å²) >= 11 is 0. The molecule has 0 saturated carbocycles. The first-order valence-electron chi connectivity index (χ1n) is 9.14. The first-order chi connectivity index (χ1) is 12.5. The molecule has 26 heavy (non-hydrogen) atoms. The fourth-order valence-electron chi connectivity index (χ4n) is 2.92. The molecule has 0 bridgehead atoms. The van der Waals surface area contributed by atoms with Crippen LogP contribution in [0.3, 0.4) is 0 Å². The fourth-order valence-corrected chi connectivity index (χ4v) is 2.92. The molecule has 3 aromatic rings. The summed E-state index contributed by atoms with van der Waals surface area (Å²) in [5.74, 6) is 1.18. The van der Waals surface area contributed by atoms with Gasteiger partial charge in [-0.3, -0.25) is 0 Å². The molecule has 0 radical (unpaired) electrons. The molecule has 3 rings (SSSR count). The molecule has 0 aliphatic heterocycles. The lowest BCUT2D eigenvalue weighted by Crippen LogP contribution is -1.90. The van der Waals surface area contributed by atoms with Crippen molar-refractivity contribution < 1.29 is 4.42 Å². The Morgan fingerprint density at radius 1 is 0.808 bits per heavy atom. The van der Waals surface area contributed by atoms with Crippen molar-refractivity contribution in [2.45, 2.75) is 48.0 Å². The Balaban J connectivity index is 0.00000117. The maximum Gasteiger partial charge on any atom is 0.240 e. The van der Waals surface area contributed by atoms with Crippen LogP contribution in [0, 0.1) is 27.7 Å². The van der Waals surface area contributed by atoms with Crippen LogP contribution in [0.4, 0.5) is 0 Å². The van der Waals surface area contributed by atoms with Gasteiger partial charge in [-0.05, 0) is 50.5 Å². The van der Waals surface area contributed by atoms with E-state index in [1.54, 1.807) is 0 Å². The summed E-state index contributed by atoms with van der Waals surface area (Å²) in [5.41, 5.74) is 7.36. The molecule has 0 saturated heterocycles. The van der Waals surface area contributed by atoms with E-state index < -0.39 is 0 Å². The molecule has 3 heteroatoms. The summed E-state index contributed by atoms with van der Waals surface area (Å²) < 4.78 is 5.74. The molecule has 0 atom stereocenters. The lowest BCUT2D eigenvalue weighted by Gasteiger charge is -2.02. The molecular weight excluding hydrogens is 320 g/mol. The highest BCUT2D eigenvalue weighted by Gasteiger charge is 2.06. The van der Waals surface area contributed by atoms with Crippen LogP contribution in [0.2, 0.25) is 0 Å². The van der Waals surface area contributed by atoms with Gasteiger partial charge in [0.15, 0.2) is 0 Å². The molecule has 0 fully saturated rings. The van der Waals surface area contributed by atoms with Gasteiger partial charge < -0.3 is 4.42 Å². The predicted octanol–water partition coefficient (Wildman–Crippen LogP) is 6.09. The molecule has 0 spiro atoms. The second-order valence-electron chi connectivity index (χ2n) is 6.40. The number of hydrogen-bond donors (Lipinski definition) is 0. The minimum absolute atomic E-state index is 0.536. The molecule has 3 nitrogen and oxygen atoms in total. The molecule has 136 valence electrons. The zero-order valence-corrected chi connectivity index (χ0v) is 16.6. The Labute approximate surface area is 156 Å². The zero-order chi connectivity index (χ0) is 19.1. The van der Waals surface area contributed by atoms with E-state index in [9.17, 15) is 0 Å². The normalized spacial score (nSPS) is 10.7. The summed E-state index contributed by atoms with van der Waals surface area (Å²) in [5, 5.41) is 8.27. The summed E-state index contributed by atoms with van der Waals surface area (Å²) in [7, 11) is 0. The van der Waals surface area contributed by atoms with Crippen molar-refractivity contribution in [3.8, 4) is 0 Å². The molecule has 0 unspecified atom stereocenters. The van der Waals surface area contributed by atoms with E-state index in [2.05, 4.69) is 74.3 Å². The van der Waals surface area contributed by atoms with E-state index in [-0.39, 0.29) is 0 Å². The highest BCUT2D eigenvalue weighted by molar-refractivity contribution is 5.68. The maximum atomic E-state index is 5.74. The zero-order valence-electron chi connectivity index (χ0n) is 16.6. The van der Waals surface area contributed by atoms with Crippen molar-refractivity contribution in [3.63, 3.8) is 0 Å². The number of benzene rings is 2. The van der Waals surface area contributed by atoms with E-state index in [1.807, 2.05) is 26.0 Å². The summed E-state index contributed by atoms with van der Waals surface area (Å²) in [6, 6.07) is 12.8. The number of aromatic nitrogens is 2. The molecular formula is C23H28N2O. The third kappa shape index (κ3) is 5.41. The molecule has 0 amide bonds. The lowest BCUT2D eigenvalue weighted by atomic mass is 10.1. The van der Waals surface area contributed by atoms with Crippen LogP contribution < -0.4 is 0 Å². The van der Waals surface area contributed by atoms with Crippen LogP contribution in [0.15, 0.2) is 40.8 Å². The van der Waals surface area contributed by atoms with E-state index >= 15 is 0 Å². The summed E-state index contributed by atoms with van der Waals surface area (Å²) in [6.45, 7) is 12.4. The molecule has 2 aromatic carbocycles. The van der Waals surface area contributed by atoms with Crippen LogP contribution in [-0.4, -0.2) is 10.2 Å². The van der Waals surface area contributed by atoms with Gasteiger partial charge in [0.1, 0.15) is 0 Å². The van der Waals surface area contributed by atoms with Crippen LogP contribution in [0.25, 0.3) is 12.2 Å². The Hall–Kier alpha value is -2.68. The highest BCUT2D eigenvalue weighted by atomic mass is 16.4. The Morgan fingerprint density at radius 2 is 1.50 bits per heavy atom. The third-order valence-corrected chi connectivity index (χ3v) is 3.95. The monoisotopic (exact) mass is 348 g/mol. The number of aryl methyl sites for hydroxylation is 4. The summed E-state index contributed by atoms with van der Waals surface area (Å²) in [4.78, 5) is 0. The van der Waals surface area contributed by atoms with Gasteiger partial charge in [-0.2, -0.15) is 0 Å².